The highest BCUT2D eigenvalue weighted by Crippen LogP contribution is 1.89. The van der Waals surface area contributed by atoms with Crippen LogP contribution in [0, 0.1) is 0 Å². The Bertz CT molecular complexity index is 235. The van der Waals surface area contributed by atoms with E-state index >= 15 is 0 Å². The number of allylic oxidation sites excluding steroid dienone is 1. The Kier molecular flexibility index (Phi) is 4.30. The minimum atomic E-state index is 0. The monoisotopic (exact) mass is 170 g/mol. The van der Waals surface area contributed by atoms with Gasteiger partial charge < -0.3 is 12.4 Å². The lowest BCUT2D eigenvalue weighted by Gasteiger charge is -1.96. The van der Waals surface area contributed by atoms with Crippen LogP contribution in [0.3, 0.4) is 0 Å². The largest absolute Gasteiger partial charge is 1.00 e. The third-order valence-electron chi connectivity index (χ3n) is 1.30. The Morgan fingerprint density at radius 3 is 2.82 bits per heavy atom. The highest BCUT2D eigenvalue weighted by molar-refractivity contribution is 5.18. The second kappa shape index (κ2) is 4.74. The molecular weight excluding hydrogens is 160 g/mol. The smallest absolute Gasteiger partial charge is 0.272 e. The third kappa shape index (κ3) is 2.60. The van der Waals surface area contributed by atoms with Crippen LogP contribution in [0.2, 0.25) is 0 Å². The Morgan fingerprint density at radius 1 is 1.55 bits per heavy atom. The van der Waals surface area contributed by atoms with Crippen LogP contribution >= 0.6 is 0 Å². The first kappa shape index (κ1) is 9.98. The SMILES string of the molecule is C=CC[n+]1ccccc1N.[Cl-]. The second-order valence-corrected chi connectivity index (χ2v) is 2.07. The number of rotatable bonds is 2. The molecule has 2 N–H and O–H groups in total. The number of anilines is 1. The summed E-state index contributed by atoms with van der Waals surface area (Å²) in [7, 11) is 0. The number of pyridine rings is 1. The molecule has 2 nitrogen and oxygen atoms in total. The number of aromatic nitrogens is 1. The van der Waals surface area contributed by atoms with E-state index in [0.717, 1.165) is 12.4 Å². The van der Waals surface area contributed by atoms with Crippen LogP contribution in [0.4, 0.5) is 5.82 Å². The van der Waals surface area contributed by atoms with Gasteiger partial charge in [-0.1, -0.05) is 18.7 Å². The minimum absolute atomic E-state index is 0. The molecular formula is C8H11ClN2. The molecule has 0 saturated carbocycles. The zero-order chi connectivity index (χ0) is 7.40. The minimum Gasteiger partial charge on any atom is -1.00 e. The summed E-state index contributed by atoms with van der Waals surface area (Å²) in [4.78, 5) is 0. The molecule has 0 aliphatic heterocycles. The van der Waals surface area contributed by atoms with Crippen LogP contribution in [0.1, 0.15) is 0 Å². The first-order chi connectivity index (χ1) is 4.84. The van der Waals surface area contributed by atoms with Crippen LogP contribution in [0.5, 0.6) is 0 Å². The third-order valence-corrected chi connectivity index (χ3v) is 1.30. The number of nitrogens with zero attached hydrogens (tertiary/aromatic N) is 1. The lowest BCUT2D eigenvalue weighted by atomic mass is 10.4. The molecule has 1 aromatic rings. The van der Waals surface area contributed by atoms with Gasteiger partial charge in [-0.2, -0.15) is 0 Å². The molecule has 60 valence electrons. The molecule has 0 aliphatic carbocycles. The molecule has 0 unspecified atom stereocenters. The molecule has 1 rings (SSSR count). The van der Waals surface area contributed by atoms with Gasteiger partial charge in [0.2, 0.25) is 0 Å². The quantitative estimate of drug-likeness (QED) is 0.395. The maximum Gasteiger partial charge on any atom is 0.272 e. The number of nitrogen functional groups attached to an aromatic ring is 1. The average Bonchev–Trinajstić information content (AvgIpc) is 1.94. The van der Waals surface area contributed by atoms with Crippen molar-refractivity contribution >= 4 is 5.82 Å². The van der Waals surface area contributed by atoms with Crippen molar-refractivity contribution in [2.75, 3.05) is 5.73 Å². The van der Waals surface area contributed by atoms with Crippen LogP contribution in [0.15, 0.2) is 37.1 Å². The number of hydrogen-bond donors (Lipinski definition) is 1. The van der Waals surface area contributed by atoms with Gasteiger partial charge in [0.15, 0.2) is 0 Å². The highest BCUT2D eigenvalue weighted by Gasteiger charge is 1.96. The summed E-state index contributed by atoms with van der Waals surface area (Å²) >= 11 is 0. The van der Waals surface area contributed by atoms with Gasteiger partial charge in [0.05, 0.1) is 6.20 Å². The number of nitrogens with two attached hydrogens (primary N) is 1. The standard InChI is InChI=1S/C8H10N2.ClH/c1-2-6-10-7-4-3-5-8(10)9;/h2-5,7,9H,1,6H2;1H. The van der Waals surface area contributed by atoms with Crippen molar-refractivity contribution in [1.82, 2.24) is 0 Å². The zero-order valence-corrected chi connectivity index (χ0v) is 6.96. The average molecular weight is 171 g/mol. The van der Waals surface area contributed by atoms with E-state index in [9.17, 15) is 0 Å². The topological polar surface area (TPSA) is 29.9 Å². The van der Waals surface area contributed by atoms with E-state index in [4.69, 9.17) is 5.73 Å². The second-order valence-electron chi connectivity index (χ2n) is 2.07. The van der Waals surface area contributed by atoms with Gasteiger partial charge >= 0.3 is 0 Å². The fourth-order valence-corrected chi connectivity index (χ4v) is 0.795. The first-order valence-corrected chi connectivity index (χ1v) is 3.19. The van der Waals surface area contributed by atoms with E-state index in [-0.39, 0.29) is 12.4 Å². The van der Waals surface area contributed by atoms with Crippen molar-refractivity contribution in [2.24, 2.45) is 0 Å². The van der Waals surface area contributed by atoms with Gasteiger partial charge in [-0.3, -0.25) is 5.73 Å². The Labute approximate surface area is 72.8 Å². The fraction of sp³-hybridized carbons (Fsp3) is 0.125. The molecule has 0 fully saturated rings. The molecule has 0 amide bonds. The summed E-state index contributed by atoms with van der Waals surface area (Å²) in [5, 5.41) is 0. The molecule has 3 heteroatoms. The summed E-state index contributed by atoms with van der Waals surface area (Å²) in [6.07, 6.45) is 3.74. The van der Waals surface area contributed by atoms with E-state index in [1.165, 1.54) is 0 Å². The predicted molar refractivity (Wildman–Crippen MR) is 41.2 cm³/mol. The van der Waals surface area contributed by atoms with E-state index in [1.807, 2.05) is 35.0 Å². The Balaban J connectivity index is 0.000001000. The van der Waals surface area contributed by atoms with E-state index in [2.05, 4.69) is 6.58 Å². The predicted octanol–water partition coefficient (Wildman–Crippen LogP) is -2.25. The zero-order valence-electron chi connectivity index (χ0n) is 6.20. The number of hydrogen-bond acceptors (Lipinski definition) is 1. The summed E-state index contributed by atoms with van der Waals surface area (Å²) in [6.45, 7) is 4.39. The maximum absolute atomic E-state index is 5.62. The Hall–Kier alpha value is -1.02. The number of halogens is 1. The van der Waals surface area contributed by atoms with Crippen molar-refractivity contribution in [3.8, 4) is 0 Å². The van der Waals surface area contributed by atoms with Crippen molar-refractivity contribution in [1.29, 1.82) is 0 Å². The van der Waals surface area contributed by atoms with E-state index in [0.29, 0.717) is 0 Å². The molecule has 1 heterocycles. The Morgan fingerprint density at radius 2 is 2.27 bits per heavy atom. The molecule has 0 bridgehead atoms. The summed E-state index contributed by atoms with van der Waals surface area (Å²) < 4.78 is 1.92. The van der Waals surface area contributed by atoms with Crippen molar-refractivity contribution in [3.63, 3.8) is 0 Å². The van der Waals surface area contributed by atoms with E-state index in [1.54, 1.807) is 0 Å². The normalized spacial score (nSPS) is 8.36. The van der Waals surface area contributed by atoms with Crippen LogP contribution in [-0.2, 0) is 6.54 Å². The maximum atomic E-state index is 5.62. The van der Waals surface area contributed by atoms with Gasteiger partial charge in [-0.05, 0) is 6.07 Å². The van der Waals surface area contributed by atoms with Gasteiger partial charge in [0.1, 0.15) is 6.54 Å². The summed E-state index contributed by atoms with van der Waals surface area (Å²) in [5.74, 6) is 0.766. The van der Waals surface area contributed by atoms with Gasteiger partial charge in [0.25, 0.3) is 5.82 Å². The van der Waals surface area contributed by atoms with Crippen molar-refractivity contribution in [3.05, 3.63) is 37.1 Å². The van der Waals surface area contributed by atoms with Gasteiger partial charge in [-0.25, -0.2) is 4.57 Å². The van der Waals surface area contributed by atoms with Crippen LogP contribution in [-0.4, -0.2) is 0 Å². The molecule has 0 aromatic carbocycles. The van der Waals surface area contributed by atoms with Gasteiger partial charge in [0, 0.05) is 6.07 Å². The lowest BCUT2D eigenvalue weighted by Crippen LogP contribution is -3.00. The fourth-order valence-electron chi connectivity index (χ4n) is 0.795. The van der Waals surface area contributed by atoms with Crippen molar-refractivity contribution < 1.29 is 17.0 Å². The molecule has 11 heavy (non-hydrogen) atoms. The van der Waals surface area contributed by atoms with Gasteiger partial charge in [-0.15, -0.1) is 0 Å². The molecule has 0 spiro atoms. The first-order valence-electron chi connectivity index (χ1n) is 3.19. The molecule has 1 aromatic heterocycles. The molecule has 0 atom stereocenters. The molecule has 0 aliphatic rings. The lowest BCUT2D eigenvalue weighted by molar-refractivity contribution is -0.672. The van der Waals surface area contributed by atoms with Crippen molar-refractivity contribution in [2.45, 2.75) is 6.54 Å². The summed E-state index contributed by atoms with van der Waals surface area (Å²) in [5.41, 5.74) is 5.62. The van der Waals surface area contributed by atoms with E-state index < -0.39 is 0 Å². The van der Waals surface area contributed by atoms with Crippen LogP contribution < -0.4 is 22.7 Å². The molecule has 0 saturated heterocycles. The summed E-state index contributed by atoms with van der Waals surface area (Å²) in [6, 6.07) is 5.72. The molecule has 0 radical (unpaired) electrons. The highest BCUT2D eigenvalue weighted by atomic mass is 35.5. The van der Waals surface area contributed by atoms with Crippen LogP contribution in [0.25, 0.3) is 0 Å².